The average molecular weight is 274 g/mol. The van der Waals surface area contributed by atoms with Gasteiger partial charge in [0.25, 0.3) is 0 Å². The standard InChI is InChI=1S/C19H18N2/c1-13(2)18-9-14-8-15-11-20-12-16(15)10-19(14)21(18)17-6-4-3-5-7-17/h3-10,12-13H,11H2,1-2H3. The van der Waals surface area contributed by atoms with Gasteiger partial charge >= 0.3 is 0 Å². The summed E-state index contributed by atoms with van der Waals surface area (Å²) in [7, 11) is 0. The molecule has 0 radical (unpaired) electrons. The lowest BCUT2D eigenvalue weighted by Crippen LogP contribution is -2.01. The van der Waals surface area contributed by atoms with Gasteiger partial charge in [-0.3, -0.25) is 4.99 Å². The minimum atomic E-state index is 0.487. The molecule has 0 atom stereocenters. The lowest BCUT2D eigenvalue weighted by atomic mass is 10.1. The van der Waals surface area contributed by atoms with Gasteiger partial charge in [-0.2, -0.15) is 0 Å². The van der Waals surface area contributed by atoms with Crippen LogP contribution in [-0.2, 0) is 6.54 Å². The fraction of sp³-hybridized carbons (Fsp3) is 0.211. The van der Waals surface area contributed by atoms with Crippen molar-refractivity contribution in [2.24, 2.45) is 4.99 Å². The summed E-state index contributed by atoms with van der Waals surface area (Å²) in [6, 6.07) is 17.5. The molecule has 3 aromatic rings. The lowest BCUT2D eigenvalue weighted by molar-refractivity contribution is 0.796. The summed E-state index contributed by atoms with van der Waals surface area (Å²) >= 11 is 0. The third kappa shape index (κ3) is 1.90. The molecular weight excluding hydrogens is 256 g/mol. The summed E-state index contributed by atoms with van der Waals surface area (Å²) in [5, 5.41) is 1.31. The molecule has 1 aliphatic rings. The molecule has 0 unspecified atom stereocenters. The first-order valence-corrected chi connectivity index (χ1v) is 7.47. The van der Waals surface area contributed by atoms with Crippen molar-refractivity contribution in [3.63, 3.8) is 0 Å². The summed E-state index contributed by atoms with van der Waals surface area (Å²) in [4.78, 5) is 4.38. The van der Waals surface area contributed by atoms with Crippen molar-refractivity contribution in [3.8, 4) is 5.69 Å². The van der Waals surface area contributed by atoms with Gasteiger partial charge < -0.3 is 4.57 Å². The Balaban J connectivity index is 2.06. The summed E-state index contributed by atoms with van der Waals surface area (Å²) < 4.78 is 2.38. The maximum atomic E-state index is 4.38. The molecule has 2 aromatic carbocycles. The molecule has 0 amide bonds. The average Bonchev–Trinajstić information content (AvgIpc) is 3.08. The molecule has 0 saturated heterocycles. The molecular formula is C19H18N2. The fourth-order valence-electron chi connectivity index (χ4n) is 3.13. The monoisotopic (exact) mass is 274 g/mol. The first-order valence-electron chi connectivity index (χ1n) is 7.47. The molecule has 0 bridgehead atoms. The highest BCUT2D eigenvalue weighted by Gasteiger charge is 2.16. The van der Waals surface area contributed by atoms with Gasteiger partial charge in [-0.15, -0.1) is 0 Å². The second-order valence-corrected chi connectivity index (χ2v) is 5.97. The number of para-hydroxylation sites is 1. The molecule has 0 N–H and O–H groups in total. The third-order valence-electron chi connectivity index (χ3n) is 4.19. The Morgan fingerprint density at radius 3 is 2.62 bits per heavy atom. The van der Waals surface area contributed by atoms with Crippen molar-refractivity contribution in [1.82, 2.24) is 4.57 Å². The van der Waals surface area contributed by atoms with Crippen molar-refractivity contribution < 1.29 is 0 Å². The van der Waals surface area contributed by atoms with E-state index in [4.69, 9.17) is 0 Å². The maximum absolute atomic E-state index is 4.38. The lowest BCUT2D eigenvalue weighted by Gasteiger charge is -2.13. The topological polar surface area (TPSA) is 17.3 Å². The summed E-state index contributed by atoms with van der Waals surface area (Å²) in [5.41, 5.74) is 6.45. The fourth-order valence-corrected chi connectivity index (χ4v) is 3.13. The summed E-state index contributed by atoms with van der Waals surface area (Å²) in [5.74, 6) is 0.487. The molecule has 4 rings (SSSR count). The first kappa shape index (κ1) is 12.4. The van der Waals surface area contributed by atoms with Gasteiger partial charge in [-0.1, -0.05) is 32.0 Å². The predicted octanol–water partition coefficient (Wildman–Crippen LogP) is 4.69. The van der Waals surface area contributed by atoms with Crippen LogP contribution in [0.2, 0.25) is 0 Å². The SMILES string of the molecule is CC(C)c1cc2cc3c(cc2n1-c1ccccc1)C=NC3. The van der Waals surface area contributed by atoms with Crippen LogP contribution in [0.4, 0.5) is 0 Å². The quantitative estimate of drug-likeness (QED) is 0.645. The zero-order valence-corrected chi connectivity index (χ0v) is 12.4. The minimum absolute atomic E-state index is 0.487. The molecule has 21 heavy (non-hydrogen) atoms. The van der Waals surface area contributed by atoms with Crippen LogP contribution in [0.5, 0.6) is 0 Å². The smallest absolute Gasteiger partial charge is 0.0646 e. The molecule has 2 heterocycles. The number of aromatic nitrogens is 1. The third-order valence-corrected chi connectivity index (χ3v) is 4.19. The second kappa shape index (κ2) is 4.59. The Bertz CT molecular complexity index is 839. The van der Waals surface area contributed by atoms with Crippen molar-refractivity contribution in [2.75, 3.05) is 0 Å². The van der Waals surface area contributed by atoms with Gasteiger partial charge in [0.05, 0.1) is 12.1 Å². The van der Waals surface area contributed by atoms with E-state index < -0.39 is 0 Å². The molecule has 0 spiro atoms. The van der Waals surface area contributed by atoms with Crippen LogP contribution in [0, 0.1) is 0 Å². The number of benzene rings is 2. The summed E-state index contributed by atoms with van der Waals surface area (Å²) in [6.07, 6.45) is 1.99. The van der Waals surface area contributed by atoms with Gasteiger partial charge in [0.15, 0.2) is 0 Å². The van der Waals surface area contributed by atoms with E-state index in [1.807, 2.05) is 6.21 Å². The normalized spacial score (nSPS) is 13.3. The van der Waals surface area contributed by atoms with Crippen LogP contribution in [0.15, 0.2) is 53.5 Å². The van der Waals surface area contributed by atoms with Crippen LogP contribution >= 0.6 is 0 Å². The predicted molar refractivity (Wildman–Crippen MR) is 88.7 cm³/mol. The molecule has 1 aromatic heterocycles. The van der Waals surface area contributed by atoms with Crippen LogP contribution in [-0.4, -0.2) is 10.8 Å². The highest BCUT2D eigenvalue weighted by molar-refractivity contribution is 5.94. The van der Waals surface area contributed by atoms with Crippen LogP contribution in [0.25, 0.3) is 16.6 Å². The van der Waals surface area contributed by atoms with E-state index in [1.165, 1.54) is 33.4 Å². The molecule has 104 valence electrons. The van der Waals surface area contributed by atoms with E-state index in [0.29, 0.717) is 5.92 Å². The first-order chi connectivity index (χ1) is 10.2. The van der Waals surface area contributed by atoms with Gasteiger partial charge in [-0.05, 0) is 47.4 Å². The molecule has 2 nitrogen and oxygen atoms in total. The number of rotatable bonds is 2. The number of hydrogen-bond donors (Lipinski definition) is 0. The molecule has 0 fully saturated rings. The minimum Gasteiger partial charge on any atom is -0.313 e. The number of hydrogen-bond acceptors (Lipinski definition) is 1. The Kier molecular flexibility index (Phi) is 2.71. The molecule has 0 saturated carbocycles. The van der Waals surface area contributed by atoms with Gasteiger partial charge in [0.2, 0.25) is 0 Å². The molecule has 2 heteroatoms. The van der Waals surface area contributed by atoms with E-state index in [-0.39, 0.29) is 0 Å². The Hall–Kier alpha value is -2.35. The Morgan fingerprint density at radius 1 is 1.05 bits per heavy atom. The van der Waals surface area contributed by atoms with Crippen LogP contribution in [0.1, 0.15) is 36.6 Å². The van der Waals surface area contributed by atoms with Crippen molar-refractivity contribution >= 4 is 17.1 Å². The zero-order valence-electron chi connectivity index (χ0n) is 12.4. The van der Waals surface area contributed by atoms with Crippen molar-refractivity contribution in [1.29, 1.82) is 0 Å². The van der Waals surface area contributed by atoms with Crippen LogP contribution in [0.3, 0.4) is 0 Å². The maximum Gasteiger partial charge on any atom is 0.0646 e. The number of nitrogens with zero attached hydrogens (tertiary/aromatic N) is 2. The second-order valence-electron chi connectivity index (χ2n) is 5.97. The van der Waals surface area contributed by atoms with Crippen molar-refractivity contribution in [2.45, 2.75) is 26.3 Å². The van der Waals surface area contributed by atoms with Crippen LogP contribution < -0.4 is 0 Å². The highest BCUT2D eigenvalue weighted by Crippen LogP contribution is 2.31. The Morgan fingerprint density at radius 2 is 1.86 bits per heavy atom. The van der Waals surface area contributed by atoms with Gasteiger partial charge in [0, 0.05) is 23.0 Å². The summed E-state index contributed by atoms with van der Waals surface area (Å²) in [6.45, 7) is 5.32. The number of aliphatic imine (C=N–C) groups is 1. The van der Waals surface area contributed by atoms with E-state index in [1.54, 1.807) is 0 Å². The zero-order chi connectivity index (χ0) is 14.4. The molecule has 1 aliphatic heterocycles. The van der Waals surface area contributed by atoms with E-state index in [9.17, 15) is 0 Å². The van der Waals surface area contributed by atoms with E-state index in [0.717, 1.165) is 6.54 Å². The van der Waals surface area contributed by atoms with Crippen molar-refractivity contribution in [3.05, 3.63) is 65.4 Å². The highest BCUT2D eigenvalue weighted by atomic mass is 15.0. The molecule has 0 aliphatic carbocycles. The Labute approximate surface area is 124 Å². The largest absolute Gasteiger partial charge is 0.313 e. The number of fused-ring (bicyclic) bond motifs is 2. The van der Waals surface area contributed by atoms with Gasteiger partial charge in [-0.25, -0.2) is 0 Å². The van der Waals surface area contributed by atoms with Gasteiger partial charge in [0.1, 0.15) is 0 Å². The van der Waals surface area contributed by atoms with E-state index in [2.05, 4.69) is 71.9 Å². The van der Waals surface area contributed by atoms with E-state index >= 15 is 0 Å².